The average Bonchev–Trinajstić information content (AvgIpc) is 2.40. The van der Waals surface area contributed by atoms with E-state index in [2.05, 4.69) is 4.90 Å². The van der Waals surface area contributed by atoms with Gasteiger partial charge in [0.25, 0.3) is 0 Å². The molecule has 2 atom stereocenters. The Balaban J connectivity index is 1.89. The molecule has 0 bridgehead atoms. The van der Waals surface area contributed by atoms with Gasteiger partial charge in [-0.1, -0.05) is 12.8 Å². The number of hydrogen-bond donors (Lipinski definition) is 1. The summed E-state index contributed by atoms with van der Waals surface area (Å²) < 4.78 is 0. The van der Waals surface area contributed by atoms with Gasteiger partial charge in [-0.15, -0.1) is 0 Å². The molecule has 82 valence electrons. The monoisotopic (exact) mass is 196 g/mol. The van der Waals surface area contributed by atoms with Gasteiger partial charge in [-0.3, -0.25) is 0 Å². The van der Waals surface area contributed by atoms with Crippen molar-refractivity contribution in [1.82, 2.24) is 4.90 Å². The summed E-state index contributed by atoms with van der Waals surface area (Å²) in [5.41, 5.74) is 5.66. The first-order valence-corrected chi connectivity index (χ1v) is 6.34. The predicted octanol–water partition coefficient (Wildman–Crippen LogP) is 1.99. The summed E-state index contributed by atoms with van der Waals surface area (Å²) in [6.45, 7) is 3.57. The van der Waals surface area contributed by atoms with Crippen molar-refractivity contribution in [3.8, 4) is 0 Å². The van der Waals surface area contributed by atoms with Crippen LogP contribution in [0.4, 0.5) is 0 Å². The minimum absolute atomic E-state index is 0.878. The van der Waals surface area contributed by atoms with E-state index in [1.807, 2.05) is 0 Å². The van der Waals surface area contributed by atoms with Crippen LogP contribution >= 0.6 is 0 Å². The highest BCUT2D eigenvalue weighted by Gasteiger charge is 2.27. The average molecular weight is 196 g/mol. The number of rotatable bonds is 2. The number of hydrogen-bond acceptors (Lipinski definition) is 2. The Morgan fingerprint density at radius 3 is 2.79 bits per heavy atom. The Morgan fingerprint density at radius 1 is 1.07 bits per heavy atom. The lowest BCUT2D eigenvalue weighted by molar-refractivity contribution is 0.134. The molecule has 0 amide bonds. The van der Waals surface area contributed by atoms with Crippen molar-refractivity contribution in [3.05, 3.63) is 0 Å². The van der Waals surface area contributed by atoms with Crippen LogP contribution in [-0.4, -0.2) is 30.6 Å². The van der Waals surface area contributed by atoms with E-state index in [0.717, 1.165) is 18.5 Å². The number of nitrogens with zero attached hydrogens (tertiary/aromatic N) is 1. The number of nitrogens with two attached hydrogens (primary N) is 1. The lowest BCUT2D eigenvalue weighted by Crippen LogP contribution is -2.40. The molecule has 0 aromatic heterocycles. The zero-order valence-electron chi connectivity index (χ0n) is 9.25. The van der Waals surface area contributed by atoms with Crippen LogP contribution < -0.4 is 5.73 Å². The van der Waals surface area contributed by atoms with Crippen molar-refractivity contribution in [1.29, 1.82) is 0 Å². The van der Waals surface area contributed by atoms with Gasteiger partial charge in [-0.2, -0.15) is 0 Å². The van der Waals surface area contributed by atoms with Gasteiger partial charge < -0.3 is 10.6 Å². The fourth-order valence-corrected chi connectivity index (χ4v) is 3.16. The summed E-state index contributed by atoms with van der Waals surface area (Å²) in [7, 11) is 0. The Hall–Kier alpha value is -0.0800. The van der Waals surface area contributed by atoms with Crippen molar-refractivity contribution >= 4 is 0 Å². The van der Waals surface area contributed by atoms with Gasteiger partial charge in [0.2, 0.25) is 0 Å². The summed E-state index contributed by atoms with van der Waals surface area (Å²) in [4.78, 5) is 2.75. The maximum absolute atomic E-state index is 5.66. The fourth-order valence-electron chi connectivity index (χ4n) is 3.16. The summed E-state index contributed by atoms with van der Waals surface area (Å²) in [6, 6.07) is 0.923. The van der Waals surface area contributed by atoms with Gasteiger partial charge >= 0.3 is 0 Å². The summed E-state index contributed by atoms with van der Waals surface area (Å²) >= 11 is 0. The summed E-state index contributed by atoms with van der Waals surface area (Å²) in [6.07, 6.45) is 9.88. The molecule has 0 aliphatic carbocycles. The van der Waals surface area contributed by atoms with Crippen molar-refractivity contribution in [2.24, 2.45) is 11.7 Å². The van der Waals surface area contributed by atoms with Crippen molar-refractivity contribution < 1.29 is 0 Å². The minimum Gasteiger partial charge on any atom is -0.330 e. The quantitative estimate of drug-likeness (QED) is 0.732. The first-order valence-electron chi connectivity index (χ1n) is 6.34. The van der Waals surface area contributed by atoms with Crippen molar-refractivity contribution in [2.45, 2.75) is 51.0 Å². The van der Waals surface area contributed by atoms with Gasteiger partial charge in [0.1, 0.15) is 0 Å². The number of piperidine rings is 1. The zero-order valence-corrected chi connectivity index (χ0v) is 9.25. The fraction of sp³-hybridized carbons (Fsp3) is 1.00. The number of fused-ring (bicyclic) bond motifs is 1. The maximum Gasteiger partial charge on any atom is 0.00953 e. The van der Waals surface area contributed by atoms with Crippen LogP contribution in [0, 0.1) is 5.92 Å². The van der Waals surface area contributed by atoms with E-state index in [9.17, 15) is 0 Å². The topological polar surface area (TPSA) is 29.3 Å². The largest absolute Gasteiger partial charge is 0.330 e. The molecule has 2 aliphatic heterocycles. The Kier molecular flexibility index (Phi) is 3.82. The van der Waals surface area contributed by atoms with Gasteiger partial charge in [0.15, 0.2) is 0 Å². The van der Waals surface area contributed by atoms with Crippen molar-refractivity contribution in [3.63, 3.8) is 0 Å². The molecular formula is C12H24N2. The molecule has 2 fully saturated rings. The molecule has 0 aromatic rings. The molecule has 2 heteroatoms. The maximum atomic E-state index is 5.66. The standard InChI is InChI=1S/C12H24N2/c13-8-7-11-4-3-6-12-5-1-2-9-14(12)10-11/h11-12H,1-10,13H2. The van der Waals surface area contributed by atoms with E-state index in [-0.39, 0.29) is 0 Å². The molecule has 0 radical (unpaired) electrons. The molecule has 2 saturated heterocycles. The molecule has 0 saturated carbocycles. The molecule has 2 N–H and O–H groups in total. The van der Waals surface area contributed by atoms with Gasteiger partial charge in [0, 0.05) is 12.6 Å². The third kappa shape index (κ3) is 2.48. The SMILES string of the molecule is NCCC1CCCC2CCCCN2C1. The lowest BCUT2D eigenvalue weighted by Gasteiger charge is -2.35. The van der Waals surface area contributed by atoms with E-state index < -0.39 is 0 Å². The second-order valence-electron chi connectivity index (χ2n) is 5.02. The summed E-state index contributed by atoms with van der Waals surface area (Å²) in [5.74, 6) is 0.892. The third-order valence-electron chi connectivity index (χ3n) is 3.97. The van der Waals surface area contributed by atoms with Crippen LogP contribution in [0.15, 0.2) is 0 Å². The normalized spacial score (nSPS) is 34.9. The molecule has 2 unspecified atom stereocenters. The summed E-state index contributed by atoms with van der Waals surface area (Å²) in [5, 5.41) is 0. The van der Waals surface area contributed by atoms with Gasteiger partial charge in [-0.05, 0) is 51.1 Å². The molecule has 2 rings (SSSR count). The molecule has 14 heavy (non-hydrogen) atoms. The van der Waals surface area contributed by atoms with E-state index in [0.29, 0.717) is 0 Å². The Labute approximate surface area is 87.8 Å². The van der Waals surface area contributed by atoms with Gasteiger partial charge in [0.05, 0.1) is 0 Å². The van der Waals surface area contributed by atoms with Crippen LogP contribution in [0.25, 0.3) is 0 Å². The second kappa shape index (κ2) is 5.13. The first-order chi connectivity index (χ1) is 6.90. The Bertz CT molecular complexity index is 170. The zero-order chi connectivity index (χ0) is 9.80. The van der Waals surface area contributed by atoms with Crippen LogP contribution in [-0.2, 0) is 0 Å². The van der Waals surface area contributed by atoms with Crippen molar-refractivity contribution in [2.75, 3.05) is 19.6 Å². The van der Waals surface area contributed by atoms with Crippen LogP contribution in [0.5, 0.6) is 0 Å². The third-order valence-corrected chi connectivity index (χ3v) is 3.97. The smallest absolute Gasteiger partial charge is 0.00953 e. The van der Waals surface area contributed by atoms with Gasteiger partial charge in [-0.25, -0.2) is 0 Å². The molecular weight excluding hydrogens is 172 g/mol. The predicted molar refractivity (Wildman–Crippen MR) is 60.2 cm³/mol. The highest BCUT2D eigenvalue weighted by atomic mass is 15.2. The Morgan fingerprint density at radius 2 is 1.93 bits per heavy atom. The molecule has 2 heterocycles. The van der Waals surface area contributed by atoms with E-state index in [1.54, 1.807) is 0 Å². The molecule has 0 spiro atoms. The van der Waals surface area contributed by atoms with E-state index in [1.165, 1.54) is 58.0 Å². The minimum atomic E-state index is 0.878. The van der Waals surface area contributed by atoms with Crippen LogP contribution in [0.1, 0.15) is 44.9 Å². The van der Waals surface area contributed by atoms with Crippen LogP contribution in [0.2, 0.25) is 0 Å². The van der Waals surface area contributed by atoms with Crippen LogP contribution in [0.3, 0.4) is 0 Å². The highest BCUT2D eigenvalue weighted by molar-refractivity contribution is 4.82. The lowest BCUT2D eigenvalue weighted by atomic mass is 9.99. The molecule has 0 aromatic carbocycles. The first kappa shape index (κ1) is 10.4. The molecule has 2 aliphatic rings. The highest BCUT2D eigenvalue weighted by Crippen LogP contribution is 2.28. The molecule has 2 nitrogen and oxygen atoms in total. The second-order valence-corrected chi connectivity index (χ2v) is 5.02. The van der Waals surface area contributed by atoms with E-state index in [4.69, 9.17) is 5.73 Å². The van der Waals surface area contributed by atoms with E-state index >= 15 is 0 Å².